The SMILES string of the molecule is C=C1c2[nH]c3ccccc3c2[C@H]2[C@H](CC)[C@H]1CCN2C. The van der Waals surface area contributed by atoms with Gasteiger partial charge in [0.05, 0.1) is 0 Å². The van der Waals surface area contributed by atoms with Crippen LogP contribution in [0.5, 0.6) is 0 Å². The van der Waals surface area contributed by atoms with Gasteiger partial charge in [-0.15, -0.1) is 0 Å². The van der Waals surface area contributed by atoms with Gasteiger partial charge in [-0.1, -0.05) is 38.1 Å². The Labute approximate surface area is 120 Å². The summed E-state index contributed by atoms with van der Waals surface area (Å²) in [6.45, 7) is 7.96. The molecule has 3 atom stereocenters. The minimum Gasteiger partial charge on any atom is -0.355 e. The number of hydrogen-bond acceptors (Lipinski definition) is 1. The smallest absolute Gasteiger partial charge is 0.0469 e. The highest BCUT2D eigenvalue weighted by molar-refractivity contribution is 5.91. The van der Waals surface area contributed by atoms with Crippen molar-refractivity contribution >= 4 is 16.5 Å². The molecule has 104 valence electrons. The molecule has 2 nitrogen and oxygen atoms in total. The number of allylic oxidation sites excluding steroid dienone is 1. The zero-order valence-corrected chi connectivity index (χ0v) is 12.3. The number of benzene rings is 1. The van der Waals surface area contributed by atoms with Crippen molar-refractivity contribution in [3.05, 3.63) is 42.1 Å². The van der Waals surface area contributed by atoms with E-state index in [0.717, 1.165) is 0 Å². The Morgan fingerprint density at radius 3 is 2.95 bits per heavy atom. The zero-order valence-electron chi connectivity index (χ0n) is 12.3. The minimum absolute atomic E-state index is 0.551. The Bertz CT molecular complexity index is 682. The number of aromatic nitrogens is 1. The molecule has 1 aromatic carbocycles. The van der Waals surface area contributed by atoms with Gasteiger partial charge in [-0.3, -0.25) is 4.90 Å². The number of piperidine rings is 1. The molecule has 1 aliphatic carbocycles. The maximum atomic E-state index is 4.44. The molecule has 1 saturated heterocycles. The summed E-state index contributed by atoms with van der Waals surface area (Å²) in [5.74, 6) is 1.37. The Balaban J connectivity index is 2.03. The molecule has 1 aliphatic heterocycles. The molecule has 2 bridgehead atoms. The first kappa shape index (κ1) is 12.2. The fourth-order valence-corrected chi connectivity index (χ4v) is 4.53. The Hall–Kier alpha value is -1.54. The monoisotopic (exact) mass is 266 g/mol. The second-order valence-corrected chi connectivity index (χ2v) is 6.38. The number of para-hydroxylation sites is 1. The van der Waals surface area contributed by atoms with E-state index in [4.69, 9.17) is 0 Å². The highest BCUT2D eigenvalue weighted by atomic mass is 15.1. The first-order valence-electron chi connectivity index (χ1n) is 7.72. The number of fused-ring (bicyclic) bond motifs is 6. The zero-order chi connectivity index (χ0) is 13.9. The molecule has 20 heavy (non-hydrogen) atoms. The van der Waals surface area contributed by atoms with Crippen molar-refractivity contribution in [3.8, 4) is 0 Å². The molecule has 2 aliphatic rings. The summed E-state index contributed by atoms with van der Waals surface area (Å²) in [5, 5.41) is 1.39. The molecule has 1 fully saturated rings. The van der Waals surface area contributed by atoms with Crippen LogP contribution in [-0.2, 0) is 0 Å². The van der Waals surface area contributed by atoms with Gasteiger partial charge in [-0.2, -0.15) is 0 Å². The van der Waals surface area contributed by atoms with Gasteiger partial charge in [-0.25, -0.2) is 0 Å². The predicted molar refractivity (Wildman–Crippen MR) is 84.6 cm³/mol. The van der Waals surface area contributed by atoms with Crippen LogP contribution in [0.2, 0.25) is 0 Å². The fraction of sp³-hybridized carbons (Fsp3) is 0.444. The third-order valence-electron chi connectivity index (χ3n) is 5.47. The normalized spacial score (nSPS) is 29.7. The van der Waals surface area contributed by atoms with Gasteiger partial charge in [0.2, 0.25) is 0 Å². The summed E-state index contributed by atoms with van der Waals surface area (Å²) in [6.07, 6.45) is 2.48. The standard InChI is InChI=1S/C18H22N2/c1-4-12-13-9-10-20(3)18(12)16-14-7-5-6-8-15(14)19-17(16)11(13)2/h5-8,12-13,18-19H,2,4,9-10H2,1,3H3/t12-,13+,18-/m1/s1. The van der Waals surface area contributed by atoms with Crippen molar-refractivity contribution in [3.63, 3.8) is 0 Å². The Morgan fingerprint density at radius 2 is 2.15 bits per heavy atom. The van der Waals surface area contributed by atoms with Crippen LogP contribution in [0.3, 0.4) is 0 Å². The first-order chi connectivity index (χ1) is 9.72. The number of likely N-dealkylation sites (tertiary alicyclic amines) is 1. The average molecular weight is 266 g/mol. The summed E-state index contributed by atoms with van der Waals surface area (Å²) in [6, 6.07) is 9.25. The van der Waals surface area contributed by atoms with E-state index in [1.807, 2.05) is 0 Å². The van der Waals surface area contributed by atoms with E-state index >= 15 is 0 Å². The van der Waals surface area contributed by atoms with Gasteiger partial charge in [0.1, 0.15) is 0 Å². The Kier molecular flexibility index (Phi) is 2.58. The lowest BCUT2D eigenvalue weighted by Crippen LogP contribution is -2.44. The van der Waals surface area contributed by atoms with Crippen LogP contribution in [0.4, 0.5) is 0 Å². The van der Waals surface area contributed by atoms with Crippen LogP contribution in [0.25, 0.3) is 16.5 Å². The largest absolute Gasteiger partial charge is 0.355 e. The van der Waals surface area contributed by atoms with Crippen molar-refractivity contribution < 1.29 is 0 Å². The summed E-state index contributed by atoms with van der Waals surface area (Å²) in [5.41, 5.74) is 5.41. The van der Waals surface area contributed by atoms with E-state index in [1.165, 1.54) is 47.1 Å². The number of hydrogen-bond donors (Lipinski definition) is 1. The van der Waals surface area contributed by atoms with Gasteiger partial charge in [0.15, 0.2) is 0 Å². The molecular formula is C18H22N2. The topological polar surface area (TPSA) is 19.0 Å². The summed E-state index contributed by atoms with van der Waals surface area (Å²) in [7, 11) is 2.28. The van der Waals surface area contributed by atoms with Crippen molar-refractivity contribution in [2.75, 3.05) is 13.6 Å². The first-order valence-corrected chi connectivity index (χ1v) is 7.72. The third kappa shape index (κ3) is 1.43. The second kappa shape index (κ2) is 4.23. The van der Waals surface area contributed by atoms with Gasteiger partial charge in [-0.05, 0) is 43.5 Å². The number of aromatic amines is 1. The van der Waals surface area contributed by atoms with Crippen LogP contribution in [0, 0.1) is 11.8 Å². The van der Waals surface area contributed by atoms with E-state index < -0.39 is 0 Å². The molecule has 1 N–H and O–H groups in total. The van der Waals surface area contributed by atoms with Crippen LogP contribution >= 0.6 is 0 Å². The molecule has 0 spiro atoms. The van der Waals surface area contributed by atoms with Gasteiger partial charge in [0, 0.05) is 28.2 Å². The van der Waals surface area contributed by atoms with E-state index in [1.54, 1.807) is 0 Å². The average Bonchev–Trinajstić information content (AvgIpc) is 2.85. The van der Waals surface area contributed by atoms with E-state index in [-0.39, 0.29) is 0 Å². The van der Waals surface area contributed by atoms with Gasteiger partial charge >= 0.3 is 0 Å². The molecule has 0 saturated carbocycles. The van der Waals surface area contributed by atoms with Crippen molar-refractivity contribution in [1.29, 1.82) is 0 Å². The molecule has 0 amide bonds. The van der Waals surface area contributed by atoms with Crippen LogP contribution < -0.4 is 0 Å². The molecule has 2 heterocycles. The summed E-state index contributed by atoms with van der Waals surface area (Å²) in [4.78, 5) is 6.19. The molecule has 0 unspecified atom stereocenters. The maximum Gasteiger partial charge on any atom is 0.0469 e. The maximum absolute atomic E-state index is 4.44. The van der Waals surface area contributed by atoms with E-state index in [9.17, 15) is 0 Å². The lowest BCUT2D eigenvalue weighted by molar-refractivity contribution is 0.0839. The third-order valence-corrected chi connectivity index (χ3v) is 5.47. The molecular weight excluding hydrogens is 244 g/mol. The van der Waals surface area contributed by atoms with Crippen molar-refractivity contribution in [1.82, 2.24) is 9.88 Å². The highest BCUT2D eigenvalue weighted by Crippen LogP contribution is 2.53. The van der Waals surface area contributed by atoms with Crippen molar-refractivity contribution in [2.45, 2.75) is 25.8 Å². The van der Waals surface area contributed by atoms with Gasteiger partial charge in [0.25, 0.3) is 0 Å². The molecule has 0 radical (unpaired) electrons. The Morgan fingerprint density at radius 1 is 1.35 bits per heavy atom. The van der Waals surface area contributed by atoms with Crippen LogP contribution in [0.1, 0.15) is 37.1 Å². The molecule has 2 heteroatoms. The number of H-pyrrole nitrogens is 1. The lowest BCUT2D eigenvalue weighted by Gasteiger charge is -2.48. The van der Waals surface area contributed by atoms with Crippen molar-refractivity contribution in [2.24, 2.45) is 11.8 Å². The number of rotatable bonds is 1. The molecule has 4 rings (SSSR count). The van der Waals surface area contributed by atoms with Gasteiger partial charge < -0.3 is 4.98 Å². The predicted octanol–water partition coefficient (Wildman–Crippen LogP) is 4.21. The molecule has 1 aromatic heterocycles. The van der Waals surface area contributed by atoms with E-state index in [2.05, 4.69) is 54.7 Å². The summed E-state index contributed by atoms with van der Waals surface area (Å²) < 4.78 is 0. The number of nitrogens with zero attached hydrogens (tertiary/aromatic N) is 1. The highest BCUT2D eigenvalue weighted by Gasteiger charge is 2.44. The second-order valence-electron chi connectivity index (χ2n) is 6.38. The lowest BCUT2D eigenvalue weighted by atomic mass is 9.66. The van der Waals surface area contributed by atoms with Crippen LogP contribution in [0.15, 0.2) is 30.8 Å². The number of nitrogens with one attached hydrogen (secondary N) is 1. The van der Waals surface area contributed by atoms with Crippen LogP contribution in [-0.4, -0.2) is 23.5 Å². The van der Waals surface area contributed by atoms with E-state index in [0.29, 0.717) is 17.9 Å². The fourth-order valence-electron chi connectivity index (χ4n) is 4.53. The molecule has 2 aromatic rings. The quantitative estimate of drug-likeness (QED) is 0.819. The summed E-state index contributed by atoms with van der Waals surface area (Å²) >= 11 is 0. The minimum atomic E-state index is 0.551.